The molecule has 6 heteroatoms. The van der Waals surface area contributed by atoms with E-state index in [9.17, 15) is 9.59 Å². The second kappa shape index (κ2) is 11.8. The highest BCUT2D eigenvalue weighted by Gasteiger charge is 2.45. The largest absolute Gasteiger partial charge is 0.427 e. The predicted octanol–water partition coefficient (Wildman–Crippen LogP) is 6.42. The maximum absolute atomic E-state index is 12.8. The first-order valence-corrected chi connectivity index (χ1v) is 16.4. The molecule has 42 heavy (non-hydrogen) atoms. The molecule has 2 aromatic carbocycles. The number of carbonyl (C=O) groups is 2. The van der Waals surface area contributed by atoms with Crippen LogP contribution in [0.1, 0.15) is 113 Å². The molecule has 2 fully saturated rings. The Hall–Kier alpha value is -2.70. The Morgan fingerprint density at radius 2 is 1.12 bits per heavy atom. The van der Waals surface area contributed by atoms with Crippen molar-refractivity contribution in [1.29, 1.82) is 0 Å². The molecule has 2 saturated carbocycles. The maximum Gasteiger partial charge on any atom is 0.311 e. The number of nitrogens with two attached hydrogens (primary N) is 2. The molecule has 4 aliphatic rings. The molecule has 0 heterocycles. The highest BCUT2D eigenvalue weighted by atomic mass is 16.5. The molecule has 0 radical (unpaired) electrons. The van der Waals surface area contributed by atoms with E-state index in [0.29, 0.717) is 23.3 Å². The number of ether oxygens (including phenoxy) is 2. The summed E-state index contributed by atoms with van der Waals surface area (Å²) in [6.07, 6.45) is 13.7. The topological polar surface area (TPSA) is 105 Å². The Bertz CT molecular complexity index is 1240. The van der Waals surface area contributed by atoms with Crippen molar-refractivity contribution < 1.29 is 19.1 Å². The fraction of sp³-hybridized carbons (Fsp3) is 0.611. The van der Waals surface area contributed by atoms with E-state index in [1.165, 1.54) is 73.6 Å². The van der Waals surface area contributed by atoms with Gasteiger partial charge in [-0.25, -0.2) is 0 Å². The fourth-order valence-electron chi connectivity index (χ4n) is 8.76. The van der Waals surface area contributed by atoms with Crippen LogP contribution in [-0.4, -0.2) is 24.0 Å². The maximum atomic E-state index is 12.8. The minimum absolute atomic E-state index is 0.0377. The summed E-state index contributed by atoms with van der Waals surface area (Å²) in [4.78, 5) is 25.6. The highest BCUT2D eigenvalue weighted by Crippen LogP contribution is 2.48. The van der Waals surface area contributed by atoms with E-state index in [4.69, 9.17) is 20.9 Å². The van der Waals surface area contributed by atoms with Gasteiger partial charge in [-0.1, -0.05) is 64.5 Å². The quantitative estimate of drug-likeness (QED) is 0.316. The lowest BCUT2D eigenvalue weighted by Gasteiger charge is -2.47. The summed E-state index contributed by atoms with van der Waals surface area (Å²) in [6, 6.07) is 12.2. The molecule has 226 valence electrons. The van der Waals surface area contributed by atoms with Crippen LogP contribution in [0.3, 0.4) is 0 Å². The third-order valence-electron chi connectivity index (χ3n) is 11.4. The Kier molecular flexibility index (Phi) is 8.23. The standard InChI is InChI=1S/C36H48N2O4/c1-35-17-7-3-5-9-25(33(35)37)19-23-11-13-27(21-29(23)35)41-31(39)15-16-32(40)42-28-14-12-24-20-26-10-6-4-8-18-36(2,34(26)38)30(24)22-28/h11-14,21-22,25-26,33-34H,3-10,15-20,37-38H2,1-2H3/t25-,26-,33-,34-,35+,36+/m0/s1. The normalized spacial score (nSPS) is 32.2. The molecule has 4 aliphatic carbocycles. The average Bonchev–Trinajstić information content (AvgIpc) is 2.97. The first-order valence-electron chi connectivity index (χ1n) is 16.4. The first kappa shape index (κ1) is 29.4. The van der Waals surface area contributed by atoms with Crippen molar-refractivity contribution in [3.63, 3.8) is 0 Å². The fourth-order valence-corrected chi connectivity index (χ4v) is 8.76. The van der Waals surface area contributed by atoms with Gasteiger partial charge in [0.15, 0.2) is 0 Å². The molecule has 4 bridgehead atoms. The van der Waals surface area contributed by atoms with E-state index < -0.39 is 11.9 Å². The Morgan fingerprint density at radius 3 is 1.55 bits per heavy atom. The molecule has 6 rings (SSSR count). The van der Waals surface area contributed by atoms with Crippen LogP contribution >= 0.6 is 0 Å². The van der Waals surface area contributed by atoms with Crippen LogP contribution in [0.15, 0.2) is 36.4 Å². The van der Waals surface area contributed by atoms with E-state index in [1.54, 1.807) is 0 Å². The molecular weight excluding hydrogens is 524 g/mol. The van der Waals surface area contributed by atoms with Crippen LogP contribution in [0.25, 0.3) is 0 Å². The number of fused-ring (bicyclic) bond motifs is 8. The van der Waals surface area contributed by atoms with E-state index in [0.717, 1.165) is 25.7 Å². The lowest BCUT2D eigenvalue weighted by molar-refractivity contribution is -0.140. The van der Waals surface area contributed by atoms with Crippen molar-refractivity contribution in [2.45, 2.75) is 127 Å². The Labute approximate surface area is 250 Å². The number of esters is 2. The van der Waals surface area contributed by atoms with Gasteiger partial charge in [0.05, 0.1) is 12.8 Å². The van der Waals surface area contributed by atoms with Crippen LogP contribution in [0.2, 0.25) is 0 Å². The summed E-state index contributed by atoms with van der Waals surface area (Å²) in [5, 5.41) is 0. The monoisotopic (exact) mass is 572 g/mol. The average molecular weight is 573 g/mol. The Morgan fingerprint density at radius 1 is 0.690 bits per heavy atom. The van der Waals surface area contributed by atoms with Crippen molar-refractivity contribution in [1.82, 2.24) is 0 Å². The number of hydrogen-bond acceptors (Lipinski definition) is 6. The summed E-state index contributed by atoms with van der Waals surface area (Å²) < 4.78 is 11.4. The number of hydrogen-bond donors (Lipinski definition) is 2. The van der Waals surface area contributed by atoms with Gasteiger partial charge in [-0.3, -0.25) is 9.59 Å². The van der Waals surface area contributed by atoms with E-state index in [2.05, 4.69) is 26.0 Å². The molecule has 0 amide bonds. The molecule has 4 N–H and O–H groups in total. The number of carbonyl (C=O) groups excluding carboxylic acids is 2. The van der Waals surface area contributed by atoms with Gasteiger partial charge in [0.25, 0.3) is 0 Å². The lowest BCUT2D eigenvalue weighted by atomic mass is 9.60. The molecule has 0 aromatic heterocycles. The third-order valence-corrected chi connectivity index (χ3v) is 11.4. The van der Waals surface area contributed by atoms with Gasteiger partial charge in [-0.05, 0) is 96.9 Å². The zero-order valence-electron chi connectivity index (χ0n) is 25.5. The van der Waals surface area contributed by atoms with Crippen molar-refractivity contribution in [3.05, 3.63) is 58.7 Å². The number of rotatable bonds is 5. The van der Waals surface area contributed by atoms with Gasteiger partial charge in [0.2, 0.25) is 0 Å². The van der Waals surface area contributed by atoms with Gasteiger partial charge >= 0.3 is 11.9 Å². The van der Waals surface area contributed by atoms with Crippen LogP contribution < -0.4 is 20.9 Å². The van der Waals surface area contributed by atoms with Gasteiger partial charge in [0.1, 0.15) is 11.5 Å². The van der Waals surface area contributed by atoms with Crippen LogP contribution in [-0.2, 0) is 33.3 Å². The summed E-state index contributed by atoms with van der Waals surface area (Å²) in [5.74, 6) is 1.20. The predicted molar refractivity (Wildman–Crippen MR) is 165 cm³/mol. The van der Waals surface area contributed by atoms with Gasteiger partial charge in [0, 0.05) is 22.9 Å². The van der Waals surface area contributed by atoms with Crippen LogP contribution in [0.4, 0.5) is 0 Å². The van der Waals surface area contributed by atoms with E-state index in [1.807, 2.05) is 24.3 Å². The summed E-state index contributed by atoms with van der Waals surface area (Å²) in [5.41, 5.74) is 18.5. The second-order valence-corrected chi connectivity index (χ2v) is 14.1. The van der Waals surface area contributed by atoms with Gasteiger partial charge in [-0.2, -0.15) is 0 Å². The molecule has 0 aliphatic heterocycles. The molecule has 0 spiro atoms. The first-order chi connectivity index (χ1) is 20.2. The molecular formula is C36H48N2O4. The van der Waals surface area contributed by atoms with Crippen molar-refractivity contribution in [2.75, 3.05) is 0 Å². The van der Waals surface area contributed by atoms with Gasteiger partial charge < -0.3 is 20.9 Å². The van der Waals surface area contributed by atoms with Crippen LogP contribution in [0.5, 0.6) is 11.5 Å². The zero-order valence-corrected chi connectivity index (χ0v) is 25.5. The molecule has 6 nitrogen and oxygen atoms in total. The molecule has 0 saturated heterocycles. The van der Waals surface area contributed by atoms with Crippen molar-refractivity contribution in [3.8, 4) is 11.5 Å². The summed E-state index contributed by atoms with van der Waals surface area (Å²) in [7, 11) is 0. The Balaban J connectivity index is 1.08. The van der Waals surface area contributed by atoms with Crippen LogP contribution in [0, 0.1) is 11.8 Å². The van der Waals surface area contributed by atoms with E-state index in [-0.39, 0.29) is 35.8 Å². The zero-order chi connectivity index (χ0) is 29.5. The second-order valence-electron chi connectivity index (χ2n) is 14.1. The molecule has 6 atom stereocenters. The minimum Gasteiger partial charge on any atom is -0.427 e. The lowest BCUT2D eigenvalue weighted by Crippen LogP contribution is -2.52. The smallest absolute Gasteiger partial charge is 0.311 e. The molecule has 2 aromatic rings. The van der Waals surface area contributed by atoms with Crippen molar-refractivity contribution >= 4 is 11.9 Å². The molecule has 0 unspecified atom stereocenters. The minimum atomic E-state index is -0.433. The van der Waals surface area contributed by atoms with E-state index >= 15 is 0 Å². The SMILES string of the molecule is C[C@@]12CCCCC[C@@H](Cc3ccc(OC(=O)CCC(=O)Oc4ccc5c(c4)[C@@]4(C)CCCCC[C@@H](C5)[C@@H]4N)cc31)[C@@H]2N. The third kappa shape index (κ3) is 5.53. The van der Waals surface area contributed by atoms with Gasteiger partial charge in [-0.15, -0.1) is 0 Å². The summed E-state index contributed by atoms with van der Waals surface area (Å²) in [6.45, 7) is 4.56. The van der Waals surface area contributed by atoms with Crippen molar-refractivity contribution in [2.24, 2.45) is 23.3 Å². The summed E-state index contributed by atoms with van der Waals surface area (Å²) >= 11 is 0. The number of benzene rings is 2. The highest BCUT2D eigenvalue weighted by molar-refractivity contribution is 5.80.